The second kappa shape index (κ2) is 6.07. The van der Waals surface area contributed by atoms with Crippen molar-refractivity contribution in [3.8, 4) is 11.3 Å². The van der Waals surface area contributed by atoms with Crippen molar-refractivity contribution >= 4 is 11.6 Å². The van der Waals surface area contributed by atoms with Crippen LogP contribution in [0.15, 0.2) is 40.8 Å². The van der Waals surface area contributed by atoms with E-state index in [1.165, 1.54) is 0 Å². The summed E-state index contributed by atoms with van der Waals surface area (Å²) in [4.78, 5) is 0. The molecule has 0 fully saturated rings. The molecule has 18 heavy (non-hydrogen) atoms. The van der Waals surface area contributed by atoms with Crippen molar-refractivity contribution in [2.45, 2.75) is 26.3 Å². The van der Waals surface area contributed by atoms with E-state index in [4.69, 9.17) is 16.0 Å². The third-order valence-corrected chi connectivity index (χ3v) is 3.13. The Morgan fingerprint density at radius 1 is 1.17 bits per heavy atom. The van der Waals surface area contributed by atoms with Gasteiger partial charge >= 0.3 is 0 Å². The summed E-state index contributed by atoms with van der Waals surface area (Å²) in [7, 11) is 0. The molecule has 1 atom stereocenters. The fraction of sp³-hybridized carbons (Fsp3) is 0.333. The summed E-state index contributed by atoms with van der Waals surface area (Å²) < 4.78 is 5.86. The van der Waals surface area contributed by atoms with E-state index < -0.39 is 0 Å². The Balaban J connectivity index is 2.12. The minimum Gasteiger partial charge on any atom is -0.459 e. The highest BCUT2D eigenvalue weighted by Crippen LogP contribution is 2.26. The van der Waals surface area contributed by atoms with E-state index in [2.05, 4.69) is 19.2 Å². The Labute approximate surface area is 113 Å². The number of rotatable bonds is 5. The molecule has 1 unspecified atom stereocenters. The first-order chi connectivity index (χ1) is 8.70. The number of hydrogen-bond donors (Lipinski definition) is 1. The molecule has 0 aliphatic rings. The zero-order chi connectivity index (χ0) is 13.0. The zero-order valence-electron chi connectivity index (χ0n) is 10.7. The van der Waals surface area contributed by atoms with Gasteiger partial charge in [-0.1, -0.05) is 18.5 Å². The Morgan fingerprint density at radius 2 is 1.89 bits per heavy atom. The van der Waals surface area contributed by atoms with Gasteiger partial charge in [-0.05, 0) is 56.3 Å². The molecule has 1 N–H and O–H groups in total. The van der Waals surface area contributed by atoms with Gasteiger partial charge < -0.3 is 9.73 Å². The average molecular weight is 264 g/mol. The lowest BCUT2D eigenvalue weighted by molar-refractivity contribution is 0.439. The quantitative estimate of drug-likeness (QED) is 0.849. The maximum atomic E-state index is 5.87. The summed E-state index contributed by atoms with van der Waals surface area (Å²) in [6, 6.07) is 11.9. The lowest BCUT2D eigenvalue weighted by Gasteiger charge is -2.09. The number of benzene rings is 1. The van der Waals surface area contributed by atoms with Gasteiger partial charge in [-0.3, -0.25) is 0 Å². The van der Waals surface area contributed by atoms with Gasteiger partial charge in [0.05, 0.1) is 6.04 Å². The highest BCUT2D eigenvalue weighted by Gasteiger charge is 2.10. The molecule has 1 aromatic carbocycles. The first kappa shape index (κ1) is 13.2. The smallest absolute Gasteiger partial charge is 0.134 e. The second-order valence-electron chi connectivity index (χ2n) is 4.38. The Bertz CT molecular complexity index is 489. The summed E-state index contributed by atoms with van der Waals surface area (Å²) in [6.07, 6.45) is 1.12. The highest BCUT2D eigenvalue weighted by molar-refractivity contribution is 6.30. The van der Waals surface area contributed by atoms with Crippen LogP contribution in [0.4, 0.5) is 0 Å². The van der Waals surface area contributed by atoms with Gasteiger partial charge in [-0.2, -0.15) is 0 Å². The molecule has 2 aromatic rings. The van der Waals surface area contributed by atoms with E-state index in [0.29, 0.717) is 0 Å². The van der Waals surface area contributed by atoms with Crippen LogP contribution in [0.1, 0.15) is 32.1 Å². The molecular weight excluding hydrogens is 246 g/mol. The molecule has 96 valence electrons. The monoisotopic (exact) mass is 263 g/mol. The molecule has 2 nitrogen and oxygen atoms in total. The third-order valence-electron chi connectivity index (χ3n) is 2.88. The van der Waals surface area contributed by atoms with Crippen LogP contribution in [-0.4, -0.2) is 6.54 Å². The predicted molar refractivity (Wildman–Crippen MR) is 75.9 cm³/mol. The summed E-state index contributed by atoms with van der Waals surface area (Å²) in [5, 5.41) is 4.15. The number of nitrogens with one attached hydrogen (secondary N) is 1. The molecule has 0 spiro atoms. The summed E-state index contributed by atoms with van der Waals surface area (Å²) >= 11 is 5.87. The van der Waals surface area contributed by atoms with Crippen molar-refractivity contribution in [3.05, 3.63) is 47.2 Å². The Morgan fingerprint density at radius 3 is 2.56 bits per heavy atom. The molecule has 0 saturated heterocycles. The molecule has 0 aliphatic heterocycles. The van der Waals surface area contributed by atoms with Crippen LogP contribution in [0.25, 0.3) is 11.3 Å². The first-order valence-corrected chi connectivity index (χ1v) is 6.67. The number of hydrogen-bond acceptors (Lipinski definition) is 2. The maximum absolute atomic E-state index is 5.87. The van der Waals surface area contributed by atoms with Crippen molar-refractivity contribution in [3.63, 3.8) is 0 Å². The van der Waals surface area contributed by atoms with Crippen molar-refractivity contribution in [1.82, 2.24) is 5.32 Å². The van der Waals surface area contributed by atoms with E-state index in [0.717, 1.165) is 35.1 Å². The maximum Gasteiger partial charge on any atom is 0.134 e. The molecule has 3 heteroatoms. The van der Waals surface area contributed by atoms with E-state index in [9.17, 15) is 0 Å². The van der Waals surface area contributed by atoms with E-state index in [1.54, 1.807) is 0 Å². The highest BCUT2D eigenvalue weighted by atomic mass is 35.5. The van der Waals surface area contributed by atoms with E-state index in [1.807, 2.05) is 36.4 Å². The van der Waals surface area contributed by atoms with Crippen LogP contribution in [0.3, 0.4) is 0 Å². The number of halogens is 1. The van der Waals surface area contributed by atoms with Gasteiger partial charge in [-0.25, -0.2) is 0 Å². The van der Waals surface area contributed by atoms with Crippen LogP contribution in [-0.2, 0) is 0 Å². The third kappa shape index (κ3) is 3.15. The van der Waals surface area contributed by atoms with Crippen LogP contribution < -0.4 is 5.32 Å². The second-order valence-corrected chi connectivity index (χ2v) is 4.82. The molecule has 1 aromatic heterocycles. The molecule has 0 amide bonds. The summed E-state index contributed by atoms with van der Waals surface area (Å²) in [6.45, 7) is 5.26. The molecule has 0 radical (unpaired) electrons. The molecule has 1 heterocycles. The van der Waals surface area contributed by atoms with Crippen LogP contribution in [0.2, 0.25) is 5.02 Å². The largest absolute Gasteiger partial charge is 0.459 e. The Kier molecular flexibility index (Phi) is 4.45. The standard InChI is InChI=1S/C15H18ClNO/c1-3-10-17-11(2)14-8-9-15(18-14)12-4-6-13(16)7-5-12/h4-9,11,17H,3,10H2,1-2H3. The molecule has 0 aliphatic carbocycles. The average Bonchev–Trinajstić information content (AvgIpc) is 2.86. The van der Waals surface area contributed by atoms with Crippen LogP contribution in [0, 0.1) is 0 Å². The van der Waals surface area contributed by atoms with Gasteiger partial charge in [0.15, 0.2) is 0 Å². The van der Waals surface area contributed by atoms with Crippen LogP contribution in [0.5, 0.6) is 0 Å². The minimum absolute atomic E-state index is 0.242. The van der Waals surface area contributed by atoms with Crippen molar-refractivity contribution in [2.75, 3.05) is 6.54 Å². The topological polar surface area (TPSA) is 25.2 Å². The lowest BCUT2D eigenvalue weighted by atomic mass is 10.2. The molecule has 0 bridgehead atoms. The van der Waals surface area contributed by atoms with Gasteiger partial charge in [0.1, 0.15) is 11.5 Å². The molecule has 2 rings (SSSR count). The normalized spacial score (nSPS) is 12.6. The van der Waals surface area contributed by atoms with Crippen molar-refractivity contribution in [2.24, 2.45) is 0 Å². The van der Waals surface area contributed by atoms with Gasteiger partial charge in [0, 0.05) is 10.6 Å². The number of furan rings is 1. The van der Waals surface area contributed by atoms with Gasteiger partial charge in [-0.15, -0.1) is 0 Å². The molecule has 0 saturated carbocycles. The SMILES string of the molecule is CCCNC(C)c1ccc(-c2ccc(Cl)cc2)o1. The summed E-state index contributed by atoms with van der Waals surface area (Å²) in [5.41, 5.74) is 1.05. The van der Waals surface area contributed by atoms with Gasteiger partial charge in [0.25, 0.3) is 0 Å². The van der Waals surface area contributed by atoms with Crippen molar-refractivity contribution < 1.29 is 4.42 Å². The van der Waals surface area contributed by atoms with E-state index in [-0.39, 0.29) is 6.04 Å². The predicted octanol–water partition coefficient (Wildman–Crippen LogP) is 4.66. The van der Waals surface area contributed by atoms with Gasteiger partial charge in [0.2, 0.25) is 0 Å². The fourth-order valence-corrected chi connectivity index (χ4v) is 1.94. The van der Waals surface area contributed by atoms with Crippen molar-refractivity contribution in [1.29, 1.82) is 0 Å². The van der Waals surface area contributed by atoms with Crippen LogP contribution >= 0.6 is 11.6 Å². The zero-order valence-corrected chi connectivity index (χ0v) is 11.5. The van der Waals surface area contributed by atoms with E-state index >= 15 is 0 Å². The fourth-order valence-electron chi connectivity index (χ4n) is 1.82. The first-order valence-electron chi connectivity index (χ1n) is 6.29. The molecular formula is C15H18ClNO. The minimum atomic E-state index is 0.242. The summed E-state index contributed by atoms with van der Waals surface area (Å²) in [5.74, 6) is 1.85. The Hall–Kier alpha value is -1.25. The lowest BCUT2D eigenvalue weighted by Crippen LogP contribution is -2.18.